The van der Waals surface area contributed by atoms with Crippen LogP contribution in [-0.4, -0.2) is 72.4 Å². The van der Waals surface area contributed by atoms with E-state index in [1.165, 1.54) is 203 Å². The zero-order valence-electron chi connectivity index (χ0n) is 34.2. The maximum Gasteiger partial charge on any atom is 0.236 e. The van der Waals surface area contributed by atoms with Crippen LogP contribution in [0.3, 0.4) is 0 Å². The van der Waals surface area contributed by atoms with Crippen molar-refractivity contribution in [2.75, 3.05) is 56.7 Å². The molecule has 0 atom stereocenters. The lowest BCUT2D eigenvalue weighted by molar-refractivity contribution is -0.141. The van der Waals surface area contributed by atoms with Crippen LogP contribution < -0.4 is 0 Å². The van der Waals surface area contributed by atoms with Gasteiger partial charge in [-0.05, 0) is 89.8 Å². The highest BCUT2D eigenvalue weighted by atomic mass is 32.2. The summed E-state index contributed by atoms with van der Waals surface area (Å²) in [5, 5.41) is 0. The van der Waals surface area contributed by atoms with Gasteiger partial charge in [-0.25, -0.2) is 0 Å². The topological polar surface area (TPSA) is 23.6 Å². The molecule has 0 spiro atoms. The molecule has 50 heavy (non-hydrogen) atoms. The van der Waals surface area contributed by atoms with E-state index in [9.17, 15) is 4.79 Å². The molecular formula is C45H86N2OS2. The number of hydrogen-bond donors (Lipinski definition) is 0. The third-order valence-corrected chi connectivity index (χ3v) is 13.1. The monoisotopic (exact) mass is 735 g/mol. The molecule has 0 N–H and O–H groups in total. The minimum atomic E-state index is 0.309. The molecule has 0 aromatic heterocycles. The lowest BCUT2D eigenvalue weighted by Gasteiger charge is -2.50. The van der Waals surface area contributed by atoms with Crippen molar-refractivity contribution in [3.05, 3.63) is 24.3 Å². The maximum atomic E-state index is 12.7. The molecule has 1 fully saturated rings. The number of allylic oxidation sites excluding steroid dienone is 4. The number of rotatable bonds is 38. The number of amides is 1. The van der Waals surface area contributed by atoms with Crippen molar-refractivity contribution < 1.29 is 4.79 Å². The summed E-state index contributed by atoms with van der Waals surface area (Å²) in [6.07, 6.45) is 48.2. The van der Waals surface area contributed by atoms with E-state index in [0.717, 1.165) is 13.1 Å². The Hall–Kier alpha value is -0.390. The number of thioether (sulfide) groups is 2. The largest absolute Gasteiger partial charge is 0.340 e. The molecule has 0 unspecified atom stereocenters. The van der Waals surface area contributed by atoms with Crippen molar-refractivity contribution >= 4 is 29.4 Å². The Labute approximate surface area is 322 Å². The normalized spacial score (nSPS) is 14.5. The predicted molar refractivity (Wildman–Crippen MR) is 231 cm³/mol. The van der Waals surface area contributed by atoms with Gasteiger partial charge in [0.1, 0.15) is 0 Å². The number of unbranched alkanes of at least 4 members (excludes halogenated alkanes) is 24. The Morgan fingerprint density at radius 3 is 1.18 bits per heavy atom. The smallest absolute Gasteiger partial charge is 0.236 e. The van der Waals surface area contributed by atoms with Crippen LogP contribution >= 0.6 is 23.5 Å². The Balaban J connectivity index is 2.06. The molecular weight excluding hydrogens is 649 g/mol. The van der Waals surface area contributed by atoms with Gasteiger partial charge in [0, 0.05) is 30.0 Å². The van der Waals surface area contributed by atoms with Crippen molar-refractivity contribution in [1.82, 2.24) is 9.80 Å². The van der Waals surface area contributed by atoms with E-state index < -0.39 is 0 Å². The average molecular weight is 735 g/mol. The summed E-state index contributed by atoms with van der Waals surface area (Å²) >= 11 is 4.34. The summed E-state index contributed by atoms with van der Waals surface area (Å²) in [4.78, 5) is 16.8. The first-order chi connectivity index (χ1) is 24.5. The van der Waals surface area contributed by atoms with Gasteiger partial charge in [0.2, 0.25) is 5.91 Å². The minimum Gasteiger partial charge on any atom is -0.340 e. The molecule has 1 rings (SSSR count). The molecule has 0 radical (unpaired) electrons. The van der Waals surface area contributed by atoms with E-state index in [-0.39, 0.29) is 0 Å². The van der Waals surface area contributed by atoms with E-state index in [4.69, 9.17) is 0 Å². The number of likely N-dealkylation sites (tertiary alicyclic amines) is 1. The van der Waals surface area contributed by atoms with Gasteiger partial charge in [-0.2, -0.15) is 23.5 Å². The molecule has 3 nitrogen and oxygen atoms in total. The highest BCUT2D eigenvalue weighted by molar-refractivity contribution is 8.00. The fourth-order valence-electron chi connectivity index (χ4n) is 7.02. The number of hydrogen-bond acceptors (Lipinski definition) is 4. The van der Waals surface area contributed by atoms with Crippen LogP contribution in [0.4, 0.5) is 0 Å². The summed E-state index contributed by atoms with van der Waals surface area (Å²) < 4.78 is 0. The van der Waals surface area contributed by atoms with Crippen LogP contribution in [0.5, 0.6) is 0 Å². The molecule has 1 saturated heterocycles. The first-order valence-electron chi connectivity index (χ1n) is 21.9. The lowest BCUT2D eigenvalue weighted by atomic mass is 9.83. The highest BCUT2D eigenvalue weighted by Gasteiger charge is 2.44. The highest BCUT2D eigenvalue weighted by Crippen LogP contribution is 2.38. The molecule has 1 heterocycles. The third-order valence-electron chi connectivity index (χ3n) is 10.3. The van der Waals surface area contributed by atoms with Crippen LogP contribution in [0.15, 0.2) is 24.3 Å². The van der Waals surface area contributed by atoms with E-state index >= 15 is 0 Å². The fourth-order valence-corrected chi connectivity index (χ4v) is 9.68. The van der Waals surface area contributed by atoms with Gasteiger partial charge in [-0.1, -0.05) is 154 Å². The molecule has 0 aromatic rings. The fraction of sp³-hybridized carbons (Fsp3) is 0.889. The number of carbonyl (C=O) groups excluding carboxylic acids is 1. The molecule has 0 aromatic carbocycles. The molecule has 1 aliphatic rings. The zero-order valence-corrected chi connectivity index (χ0v) is 35.8. The quantitative estimate of drug-likeness (QED) is 0.0465. The van der Waals surface area contributed by atoms with E-state index in [1.54, 1.807) is 0 Å². The molecule has 0 saturated carbocycles. The predicted octanol–water partition coefficient (Wildman–Crippen LogP) is 13.9. The molecule has 1 amide bonds. The molecule has 1 aliphatic heterocycles. The zero-order chi connectivity index (χ0) is 36.2. The molecule has 5 heteroatoms. The van der Waals surface area contributed by atoms with Crippen LogP contribution in [0, 0.1) is 5.41 Å². The summed E-state index contributed by atoms with van der Waals surface area (Å²) in [6, 6.07) is 0. The minimum absolute atomic E-state index is 0.309. The van der Waals surface area contributed by atoms with Crippen molar-refractivity contribution in [2.45, 2.75) is 194 Å². The second-order valence-electron chi connectivity index (χ2n) is 16.0. The molecule has 0 bridgehead atoms. The van der Waals surface area contributed by atoms with Gasteiger partial charge in [0.15, 0.2) is 0 Å². The second kappa shape index (κ2) is 35.6. The lowest BCUT2D eigenvalue weighted by Crippen LogP contribution is -2.62. The Morgan fingerprint density at radius 2 is 0.840 bits per heavy atom. The molecule has 0 aliphatic carbocycles. The van der Waals surface area contributed by atoms with Crippen molar-refractivity contribution in [2.24, 2.45) is 5.41 Å². The Kier molecular flexibility index (Phi) is 33.9. The van der Waals surface area contributed by atoms with Gasteiger partial charge in [-0.3, -0.25) is 4.79 Å². The van der Waals surface area contributed by atoms with Crippen LogP contribution in [-0.2, 0) is 4.79 Å². The van der Waals surface area contributed by atoms with Crippen molar-refractivity contribution in [3.63, 3.8) is 0 Å². The summed E-state index contributed by atoms with van der Waals surface area (Å²) in [5.74, 6) is 5.35. The van der Waals surface area contributed by atoms with E-state index in [1.807, 2.05) is 19.0 Å². The Bertz CT molecular complexity index is 744. The average Bonchev–Trinajstić information content (AvgIpc) is 3.08. The van der Waals surface area contributed by atoms with Gasteiger partial charge in [-0.15, -0.1) is 0 Å². The Morgan fingerprint density at radius 1 is 0.520 bits per heavy atom. The SMILES string of the molecule is CCCCCC/C=C\CCCCCCCCCCSCC1(CSCCCCCCCCCC/C=C\CCCCCC)CN(C(=O)CN(C)C)C1. The van der Waals surface area contributed by atoms with Gasteiger partial charge in [0.05, 0.1) is 6.54 Å². The third kappa shape index (κ3) is 29.1. The first-order valence-corrected chi connectivity index (χ1v) is 24.2. The van der Waals surface area contributed by atoms with Gasteiger partial charge < -0.3 is 9.80 Å². The first kappa shape index (κ1) is 47.6. The van der Waals surface area contributed by atoms with Gasteiger partial charge in [0.25, 0.3) is 0 Å². The van der Waals surface area contributed by atoms with Crippen LogP contribution in [0.2, 0.25) is 0 Å². The van der Waals surface area contributed by atoms with Crippen molar-refractivity contribution in [3.8, 4) is 0 Å². The number of nitrogens with zero attached hydrogens (tertiary/aromatic N) is 2. The molecule has 294 valence electrons. The second-order valence-corrected chi connectivity index (χ2v) is 18.2. The van der Waals surface area contributed by atoms with Crippen LogP contribution in [0.1, 0.15) is 194 Å². The summed E-state index contributed by atoms with van der Waals surface area (Å²) in [7, 11) is 4.00. The van der Waals surface area contributed by atoms with Crippen LogP contribution in [0.25, 0.3) is 0 Å². The summed E-state index contributed by atoms with van der Waals surface area (Å²) in [5.41, 5.74) is 0.339. The van der Waals surface area contributed by atoms with Crippen molar-refractivity contribution in [1.29, 1.82) is 0 Å². The standard InChI is InChI=1S/C45H86N2OS2/c1-5-7-9-11-13-15-17-19-21-23-25-27-29-31-33-35-37-49-42-45(40-47(41-45)44(48)39-46(3)4)43-50-38-36-34-32-30-28-26-24-22-20-18-16-14-12-10-8-6-2/h15-18H,5-14,19-43H2,1-4H3/b17-15-,18-16-. The van der Waals surface area contributed by atoms with Gasteiger partial charge >= 0.3 is 0 Å². The summed E-state index contributed by atoms with van der Waals surface area (Å²) in [6.45, 7) is 7.07. The maximum absolute atomic E-state index is 12.7. The number of likely N-dealkylation sites (N-methyl/N-ethyl adjacent to an activating group) is 1. The van der Waals surface area contributed by atoms with E-state index in [2.05, 4.69) is 66.6 Å². The number of carbonyl (C=O) groups is 1. The van der Waals surface area contributed by atoms with E-state index in [0.29, 0.717) is 17.9 Å².